The number of hydrogen-bond acceptors (Lipinski definition) is 2. The van der Waals surface area contributed by atoms with Gasteiger partial charge in [0.2, 0.25) is 0 Å². The van der Waals surface area contributed by atoms with Gasteiger partial charge < -0.3 is 14.7 Å². The smallest absolute Gasteiger partial charge is 0.407 e. The highest BCUT2D eigenvalue weighted by Crippen LogP contribution is 2.24. The highest BCUT2D eigenvalue weighted by atomic mass is 79.9. The lowest BCUT2D eigenvalue weighted by molar-refractivity contribution is 0.144. The molecule has 0 saturated carbocycles. The van der Waals surface area contributed by atoms with E-state index in [9.17, 15) is 9.18 Å². The molecule has 92 valence electrons. The number of carbonyl (C=O) groups is 1. The van der Waals surface area contributed by atoms with E-state index in [0.717, 1.165) is 0 Å². The van der Waals surface area contributed by atoms with Crippen LogP contribution < -0.4 is 4.74 Å². The van der Waals surface area contributed by atoms with Gasteiger partial charge in [-0.3, -0.25) is 0 Å². The SMILES string of the molecule is O=C(O)N1CC[C@@H](Oc2ccc(Br)cc2F)C1. The van der Waals surface area contributed by atoms with Crippen LogP contribution in [0.25, 0.3) is 0 Å². The van der Waals surface area contributed by atoms with Gasteiger partial charge >= 0.3 is 6.09 Å². The van der Waals surface area contributed by atoms with Gasteiger partial charge in [0.05, 0.1) is 6.54 Å². The normalized spacial score (nSPS) is 19.4. The predicted octanol–water partition coefficient (Wildman–Crippen LogP) is 2.72. The second kappa shape index (κ2) is 4.91. The number of rotatable bonds is 2. The molecule has 0 spiro atoms. The Hall–Kier alpha value is -1.30. The van der Waals surface area contributed by atoms with Crippen LogP contribution in [0.15, 0.2) is 22.7 Å². The number of halogens is 2. The molecule has 6 heteroatoms. The summed E-state index contributed by atoms with van der Waals surface area (Å²) < 4.78 is 19.6. The Kier molecular flexibility index (Phi) is 3.51. The summed E-state index contributed by atoms with van der Waals surface area (Å²) in [6.07, 6.45) is -0.656. The molecule has 17 heavy (non-hydrogen) atoms. The lowest BCUT2D eigenvalue weighted by Crippen LogP contribution is -2.29. The molecule has 0 aliphatic carbocycles. The first-order chi connectivity index (χ1) is 8.06. The lowest BCUT2D eigenvalue weighted by atomic mass is 10.3. The Labute approximate surface area is 106 Å². The van der Waals surface area contributed by atoms with Gasteiger partial charge in [0, 0.05) is 17.4 Å². The van der Waals surface area contributed by atoms with Gasteiger partial charge in [-0.15, -0.1) is 0 Å². The van der Waals surface area contributed by atoms with E-state index >= 15 is 0 Å². The third-order valence-electron chi connectivity index (χ3n) is 2.60. The highest BCUT2D eigenvalue weighted by Gasteiger charge is 2.27. The number of ether oxygens (including phenoxy) is 1. The van der Waals surface area contributed by atoms with Gasteiger partial charge in [-0.25, -0.2) is 9.18 Å². The van der Waals surface area contributed by atoms with E-state index in [4.69, 9.17) is 9.84 Å². The van der Waals surface area contributed by atoms with Crippen LogP contribution in [0.4, 0.5) is 9.18 Å². The molecule has 1 atom stereocenters. The summed E-state index contributed by atoms with van der Waals surface area (Å²) in [6.45, 7) is 0.711. The summed E-state index contributed by atoms with van der Waals surface area (Å²) in [4.78, 5) is 12.0. The molecule has 2 rings (SSSR count). The molecular formula is C11H11BrFNO3. The van der Waals surface area contributed by atoms with Crippen molar-refractivity contribution in [2.75, 3.05) is 13.1 Å². The number of benzene rings is 1. The van der Waals surface area contributed by atoms with Crippen LogP contribution in [-0.4, -0.2) is 35.3 Å². The first kappa shape index (κ1) is 12.2. The van der Waals surface area contributed by atoms with Crippen molar-refractivity contribution in [2.24, 2.45) is 0 Å². The molecule has 0 unspecified atom stereocenters. The average molecular weight is 304 g/mol. The van der Waals surface area contributed by atoms with Crippen LogP contribution in [0.1, 0.15) is 6.42 Å². The molecule has 1 saturated heterocycles. The van der Waals surface area contributed by atoms with Gasteiger partial charge in [-0.2, -0.15) is 0 Å². The first-order valence-corrected chi connectivity index (χ1v) is 5.95. The second-order valence-corrected chi connectivity index (χ2v) is 4.75. The van der Waals surface area contributed by atoms with E-state index in [1.807, 2.05) is 0 Å². The molecule has 1 amide bonds. The summed E-state index contributed by atoms with van der Waals surface area (Å²) in [7, 11) is 0. The molecular weight excluding hydrogens is 293 g/mol. The third-order valence-corrected chi connectivity index (χ3v) is 3.10. The van der Waals surface area contributed by atoms with Crippen LogP contribution >= 0.6 is 15.9 Å². The van der Waals surface area contributed by atoms with Crippen molar-refractivity contribution in [3.63, 3.8) is 0 Å². The van der Waals surface area contributed by atoms with Crippen molar-refractivity contribution >= 4 is 22.0 Å². The highest BCUT2D eigenvalue weighted by molar-refractivity contribution is 9.10. The van der Waals surface area contributed by atoms with Gasteiger partial charge in [0.25, 0.3) is 0 Å². The van der Waals surface area contributed by atoms with Gasteiger partial charge in [0.15, 0.2) is 11.6 Å². The van der Waals surface area contributed by atoms with Crippen LogP contribution in [-0.2, 0) is 0 Å². The largest absolute Gasteiger partial charge is 0.485 e. The summed E-state index contributed by atoms with van der Waals surface area (Å²) in [5.74, 6) is -0.293. The maximum atomic E-state index is 13.5. The zero-order valence-electron chi connectivity index (χ0n) is 8.90. The molecule has 1 N–H and O–H groups in total. The minimum absolute atomic E-state index is 0.158. The van der Waals surface area contributed by atoms with Crippen molar-refractivity contribution in [3.05, 3.63) is 28.5 Å². The van der Waals surface area contributed by atoms with E-state index < -0.39 is 11.9 Å². The van der Waals surface area contributed by atoms with Gasteiger partial charge in [-0.1, -0.05) is 15.9 Å². The van der Waals surface area contributed by atoms with Crippen molar-refractivity contribution in [1.29, 1.82) is 0 Å². The van der Waals surface area contributed by atoms with E-state index in [1.54, 1.807) is 6.07 Å². The van der Waals surface area contributed by atoms with E-state index in [0.29, 0.717) is 17.4 Å². The number of amides is 1. The van der Waals surface area contributed by atoms with Crippen molar-refractivity contribution in [3.8, 4) is 5.75 Å². The molecule has 0 aromatic heterocycles. The third kappa shape index (κ3) is 2.88. The quantitative estimate of drug-likeness (QED) is 0.914. The maximum absolute atomic E-state index is 13.5. The summed E-state index contributed by atoms with van der Waals surface area (Å²) >= 11 is 3.16. The van der Waals surface area contributed by atoms with Crippen LogP contribution in [0, 0.1) is 5.82 Å². The van der Waals surface area contributed by atoms with Gasteiger partial charge in [-0.05, 0) is 18.2 Å². The Balaban J connectivity index is 2.00. The Bertz CT molecular complexity index is 441. The molecule has 1 heterocycles. The standard InChI is InChI=1S/C11H11BrFNO3/c12-7-1-2-10(9(13)5-7)17-8-3-4-14(6-8)11(15)16/h1-2,5,8H,3-4,6H2,(H,15,16)/t8-/m1/s1. The average Bonchev–Trinajstić information content (AvgIpc) is 2.71. The molecule has 1 fully saturated rings. The number of nitrogens with zero attached hydrogens (tertiary/aromatic N) is 1. The predicted molar refractivity (Wildman–Crippen MR) is 62.7 cm³/mol. The molecule has 4 nitrogen and oxygen atoms in total. The fourth-order valence-electron chi connectivity index (χ4n) is 1.75. The zero-order chi connectivity index (χ0) is 12.4. The minimum atomic E-state index is -0.965. The summed E-state index contributed by atoms with van der Waals surface area (Å²) in [6, 6.07) is 4.53. The van der Waals surface area contributed by atoms with Crippen LogP contribution in [0.5, 0.6) is 5.75 Å². The van der Waals surface area contributed by atoms with Crippen LogP contribution in [0.2, 0.25) is 0 Å². The first-order valence-electron chi connectivity index (χ1n) is 5.16. The molecule has 0 bridgehead atoms. The monoisotopic (exact) mass is 303 g/mol. The fraction of sp³-hybridized carbons (Fsp3) is 0.364. The van der Waals surface area contributed by atoms with E-state index in [2.05, 4.69) is 15.9 Å². The molecule has 1 aliphatic heterocycles. The van der Waals surface area contributed by atoms with E-state index in [1.165, 1.54) is 17.0 Å². The van der Waals surface area contributed by atoms with Crippen molar-refractivity contribution in [1.82, 2.24) is 4.90 Å². The topological polar surface area (TPSA) is 49.8 Å². The maximum Gasteiger partial charge on any atom is 0.407 e. The summed E-state index contributed by atoms with van der Waals surface area (Å²) in [5.41, 5.74) is 0. The molecule has 1 aromatic rings. The number of likely N-dealkylation sites (tertiary alicyclic amines) is 1. The van der Waals surface area contributed by atoms with Gasteiger partial charge in [0.1, 0.15) is 6.10 Å². The molecule has 1 aromatic carbocycles. The number of carboxylic acid groups (broad SMARTS) is 1. The van der Waals surface area contributed by atoms with Crippen LogP contribution in [0.3, 0.4) is 0 Å². The Morgan fingerprint density at radius 3 is 2.94 bits per heavy atom. The molecule has 0 radical (unpaired) electrons. The van der Waals surface area contributed by atoms with E-state index in [-0.39, 0.29) is 18.4 Å². The Morgan fingerprint density at radius 1 is 1.59 bits per heavy atom. The Morgan fingerprint density at radius 2 is 2.35 bits per heavy atom. The zero-order valence-corrected chi connectivity index (χ0v) is 10.5. The number of hydrogen-bond donors (Lipinski definition) is 1. The lowest BCUT2D eigenvalue weighted by Gasteiger charge is -2.15. The summed E-state index contributed by atoms with van der Waals surface area (Å²) in [5, 5.41) is 8.78. The van der Waals surface area contributed by atoms with Crippen molar-refractivity contribution < 1.29 is 19.0 Å². The minimum Gasteiger partial charge on any atom is -0.485 e. The molecule has 1 aliphatic rings. The van der Waals surface area contributed by atoms with Crippen molar-refractivity contribution in [2.45, 2.75) is 12.5 Å². The second-order valence-electron chi connectivity index (χ2n) is 3.83. The fourth-order valence-corrected chi connectivity index (χ4v) is 2.08.